The molecule has 4 rings (SSSR count). The van der Waals surface area contributed by atoms with Crippen LogP contribution in [0.4, 0.5) is 24.0 Å². The van der Waals surface area contributed by atoms with Crippen LogP contribution in [-0.4, -0.2) is 27.8 Å². The Labute approximate surface area is 194 Å². The summed E-state index contributed by atoms with van der Waals surface area (Å²) in [6.45, 7) is 0. The molecule has 0 aliphatic heterocycles. The zero-order valence-corrected chi connectivity index (χ0v) is 18.4. The number of nitrogens with one attached hydrogen (secondary N) is 2. The number of anilines is 2. The van der Waals surface area contributed by atoms with Gasteiger partial charge in [0.05, 0.1) is 17.0 Å². The van der Waals surface area contributed by atoms with E-state index in [4.69, 9.17) is 0 Å². The number of benzene rings is 3. The Balaban J connectivity index is 1.34. The van der Waals surface area contributed by atoms with E-state index in [1.54, 1.807) is 12.1 Å². The smallest absolute Gasteiger partial charge is 0.325 e. The lowest BCUT2D eigenvalue weighted by Crippen LogP contribution is -2.18. The van der Waals surface area contributed by atoms with Gasteiger partial charge in [-0.1, -0.05) is 65.6 Å². The zero-order chi connectivity index (χ0) is 23.4. The summed E-state index contributed by atoms with van der Waals surface area (Å²) in [5.74, 6) is -1.14. The molecule has 0 atom stereocenters. The topological polar surface area (TPSA) is 84.0 Å². The van der Waals surface area contributed by atoms with Gasteiger partial charge in [-0.2, -0.15) is 13.2 Å². The first-order valence-electron chi connectivity index (χ1n) is 9.52. The van der Waals surface area contributed by atoms with Crippen molar-refractivity contribution in [3.63, 3.8) is 0 Å². The summed E-state index contributed by atoms with van der Waals surface area (Å²) in [5, 5.41) is 14.9. The molecule has 2 N–H and O–H groups in total. The van der Waals surface area contributed by atoms with Crippen molar-refractivity contribution in [1.29, 1.82) is 0 Å². The predicted molar refractivity (Wildman–Crippen MR) is 123 cm³/mol. The second-order valence-corrected chi connectivity index (χ2v) is 8.97. The third-order valence-electron chi connectivity index (χ3n) is 4.47. The molecule has 2 amide bonds. The number of hydrogen-bond donors (Lipinski definition) is 2. The Morgan fingerprint density at radius 2 is 1.64 bits per heavy atom. The first-order chi connectivity index (χ1) is 15.8. The minimum Gasteiger partial charge on any atom is -0.325 e. The number of amides is 2. The van der Waals surface area contributed by atoms with Crippen molar-refractivity contribution in [3.05, 3.63) is 77.9 Å². The van der Waals surface area contributed by atoms with Crippen LogP contribution in [0.3, 0.4) is 0 Å². The third kappa shape index (κ3) is 5.68. The number of hydrogen-bond acceptors (Lipinski definition) is 6. The van der Waals surface area contributed by atoms with Crippen molar-refractivity contribution >= 4 is 56.5 Å². The summed E-state index contributed by atoms with van der Waals surface area (Å²) in [5.41, 5.74) is -0.769. The molecule has 4 aromatic rings. The monoisotopic (exact) mass is 488 g/mol. The van der Waals surface area contributed by atoms with Crippen molar-refractivity contribution in [1.82, 2.24) is 10.2 Å². The average molecular weight is 489 g/mol. The van der Waals surface area contributed by atoms with Crippen LogP contribution in [0.5, 0.6) is 0 Å². The maximum Gasteiger partial charge on any atom is 0.418 e. The van der Waals surface area contributed by atoms with E-state index in [9.17, 15) is 22.8 Å². The molecule has 6 nitrogen and oxygen atoms in total. The lowest BCUT2D eigenvalue weighted by atomic mass is 10.1. The van der Waals surface area contributed by atoms with Crippen LogP contribution in [0.1, 0.15) is 15.9 Å². The standard InChI is InChI=1S/C22H15F3N4O2S2/c23-22(24,25)16-7-3-4-8-17(16)26-18(30)12-32-21-29-28-20(33-21)27-19(31)15-10-9-13-5-1-2-6-14(13)11-15/h1-11H,12H2,(H,26,30)(H,27,28,31). The normalized spacial score (nSPS) is 11.4. The molecule has 1 heterocycles. The maximum absolute atomic E-state index is 13.0. The van der Waals surface area contributed by atoms with Crippen molar-refractivity contribution in [2.45, 2.75) is 10.5 Å². The molecular formula is C22H15F3N4O2S2. The fourth-order valence-electron chi connectivity index (χ4n) is 2.97. The van der Waals surface area contributed by atoms with E-state index in [-0.39, 0.29) is 22.5 Å². The predicted octanol–water partition coefficient (Wildman–Crippen LogP) is 5.69. The third-order valence-corrected chi connectivity index (χ3v) is 6.44. The molecular weight excluding hydrogens is 473 g/mol. The number of nitrogens with zero attached hydrogens (tertiary/aromatic N) is 2. The fraction of sp³-hybridized carbons (Fsp3) is 0.0909. The molecule has 0 aliphatic carbocycles. The van der Waals surface area contributed by atoms with Gasteiger partial charge >= 0.3 is 6.18 Å². The molecule has 33 heavy (non-hydrogen) atoms. The minimum absolute atomic E-state index is 0.167. The highest BCUT2D eigenvalue weighted by molar-refractivity contribution is 8.01. The van der Waals surface area contributed by atoms with Gasteiger partial charge in [-0.05, 0) is 35.0 Å². The van der Waals surface area contributed by atoms with E-state index in [0.717, 1.165) is 39.9 Å². The van der Waals surface area contributed by atoms with Crippen LogP contribution in [-0.2, 0) is 11.0 Å². The first-order valence-corrected chi connectivity index (χ1v) is 11.3. The molecule has 0 aliphatic rings. The van der Waals surface area contributed by atoms with Gasteiger partial charge in [-0.15, -0.1) is 10.2 Å². The summed E-state index contributed by atoms with van der Waals surface area (Å²) < 4.78 is 39.5. The van der Waals surface area contributed by atoms with Crippen molar-refractivity contribution < 1.29 is 22.8 Å². The van der Waals surface area contributed by atoms with E-state index < -0.39 is 17.6 Å². The lowest BCUT2D eigenvalue weighted by Gasteiger charge is -2.13. The highest BCUT2D eigenvalue weighted by Crippen LogP contribution is 2.34. The van der Waals surface area contributed by atoms with Gasteiger partial charge in [-0.3, -0.25) is 14.9 Å². The molecule has 168 valence electrons. The Hall–Kier alpha value is -3.44. The number of thioether (sulfide) groups is 1. The van der Waals surface area contributed by atoms with Crippen LogP contribution >= 0.6 is 23.1 Å². The van der Waals surface area contributed by atoms with Gasteiger partial charge in [0.1, 0.15) is 0 Å². The largest absolute Gasteiger partial charge is 0.418 e. The van der Waals surface area contributed by atoms with Crippen LogP contribution < -0.4 is 10.6 Å². The summed E-state index contributed by atoms with van der Waals surface area (Å²) in [7, 11) is 0. The van der Waals surface area contributed by atoms with E-state index in [1.807, 2.05) is 30.3 Å². The summed E-state index contributed by atoms with van der Waals surface area (Å²) in [4.78, 5) is 24.6. The Morgan fingerprint density at radius 1 is 0.909 bits per heavy atom. The number of rotatable bonds is 6. The van der Waals surface area contributed by atoms with Gasteiger partial charge in [0.15, 0.2) is 4.34 Å². The van der Waals surface area contributed by atoms with Gasteiger partial charge in [-0.25, -0.2) is 0 Å². The molecule has 0 saturated carbocycles. The van der Waals surface area contributed by atoms with Gasteiger partial charge in [0.25, 0.3) is 5.91 Å². The van der Waals surface area contributed by atoms with E-state index in [1.165, 1.54) is 18.2 Å². The second kappa shape index (κ2) is 9.59. The maximum atomic E-state index is 13.0. The molecule has 11 heteroatoms. The number of alkyl halides is 3. The van der Waals surface area contributed by atoms with Gasteiger partial charge in [0.2, 0.25) is 11.0 Å². The Bertz CT molecular complexity index is 1320. The molecule has 0 radical (unpaired) electrons. The molecule has 0 unspecified atom stereocenters. The molecule has 1 aromatic heterocycles. The van der Waals surface area contributed by atoms with Gasteiger partial charge in [0, 0.05) is 5.56 Å². The Kier molecular flexibility index (Phi) is 6.61. The highest BCUT2D eigenvalue weighted by Gasteiger charge is 2.33. The van der Waals surface area contributed by atoms with Crippen LogP contribution in [0, 0.1) is 0 Å². The number of carbonyl (C=O) groups excluding carboxylic acids is 2. The average Bonchev–Trinajstić information content (AvgIpc) is 3.24. The van der Waals surface area contributed by atoms with Crippen LogP contribution in [0.2, 0.25) is 0 Å². The SMILES string of the molecule is O=C(CSc1nnc(NC(=O)c2ccc3ccccc3c2)s1)Nc1ccccc1C(F)(F)F. The van der Waals surface area contributed by atoms with Crippen molar-refractivity contribution in [2.75, 3.05) is 16.4 Å². The molecule has 0 saturated heterocycles. The van der Waals surface area contributed by atoms with E-state index >= 15 is 0 Å². The molecule has 0 fully saturated rings. The fourth-order valence-corrected chi connectivity index (χ4v) is 4.52. The minimum atomic E-state index is -4.58. The lowest BCUT2D eigenvalue weighted by molar-refractivity contribution is -0.137. The van der Waals surface area contributed by atoms with Crippen LogP contribution in [0.25, 0.3) is 10.8 Å². The summed E-state index contributed by atoms with van der Waals surface area (Å²) >= 11 is 2.07. The molecule has 0 spiro atoms. The zero-order valence-electron chi connectivity index (χ0n) is 16.7. The molecule has 3 aromatic carbocycles. The number of fused-ring (bicyclic) bond motifs is 1. The number of aromatic nitrogens is 2. The summed E-state index contributed by atoms with van der Waals surface area (Å²) in [6.07, 6.45) is -4.58. The van der Waals surface area contributed by atoms with Crippen molar-refractivity contribution in [3.8, 4) is 0 Å². The van der Waals surface area contributed by atoms with E-state index in [2.05, 4.69) is 20.8 Å². The van der Waals surface area contributed by atoms with E-state index in [0.29, 0.717) is 9.90 Å². The quantitative estimate of drug-likeness (QED) is 0.269. The first kappa shape index (κ1) is 22.7. The molecule has 0 bridgehead atoms. The van der Waals surface area contributed by atoms with Crippen molar-refractivity contribution in [2.24, 2.45) is 0 Å². The number of halogens is 3. The second-order valence-electron chi connectivity index (χ2n) is 6.77. The van der Waals surface area contributed by atoms with Gasteiger partial charge < -0.3 is 5.32 Å². The Morgan fingerprint density at radius 3 is 2.42 bits per heavy atom. The number of para-hydroxylation sites is 1. The highest BCUT2D eigenvalue weighted by atomic mass is 32.2. The summed E-state index contributed by atoms with van der Waals surface area (Å²) in [6, 6.07) is 17.7. The number of carbonyl (C=O) groups is 2. The van der Waals surface area contributed by atoms with Crippen LogP contribution in [0.15, 0.2) is 71.1 Å².